The Bertz CT molecular complexity index is 243. The molecule has 2 saturated carbocycles. The molecule has 2 fully saturated rings. The average molecular weight is 182 g/mol. The minimum absolute atomic E-state index is 0.226. The number of carbonyl (C=O) groups excluding carboxylic acids is 2. The van der Waals surface area contributed by atoms with E-state index in [0.29, 0.717) is 12.8 Å². The smallest absolute Gasteiger partial charge is 0.0556 e. The molecule has 0 aromatic heterocycles. The average Bonchev–Trinajstić information content (AvgIpc) is 2.73. The molecule has 0 amide bonds. The predicted octanol–water partition coefficient (Wildman–Crippen LogP) is -1.71. The first-order chi connectivity index (χ1) is 6.11. The Morgan fingerprint density at radius 3 is 1.69 bits per heavy atom. The third kappa shape index (κ3) is 0.857. The van der Waals surface area contributed by atoms with E-state index in [4.69, 9.17) is 0 Å². The Morgan fingerprint density at radius 2 is 1.38 bits per heavy atom. The van der Waals surface area contributed by atoms with Gasteiger partial charge >= 0.3 is 0 Å². The van der Waals surface area contributed by atoms with Crippen LogP contribution in [0.25, 0.3) is 0 Å². The fourth-order valence-electron chi connectivity index (χ4n) is 2.81. The third-order valence-corrected chi connectivity index (χ3v) is 3.50. The number of carboxylic acids is 2. The predicted molar refractivity (Wildman–Crippen MR) is 37.9 cm³/mol. The summed E-state index contributed by atoms with van der Waals surface area (Å²) in [5.74, 6) is -3.36. The van der Waals surface area contributed by atoms with E-state index in [1.165, 1.54) is 0 Å². The molecule has 0 heterocycles. The highest BCUT2D eigenvalue weighted by Gasteiger charge is 2.66. The number of rotatable bonds is 2. The summed E-state index contributed by atoms with van der Waals surface area (Å²) in [7, 11) is 0. The molecule has 2 atom stereocenters. The van der Waals surface area contributed by atoms with Crippen molar-refractivity contribution in [2.45, 2.75) is 25.7 Å². The van der Waals surface area contributed by atoms with Crippen molar-refractivity contribution >= 4 is 11.9 Å². The summed E-state index contributed by atoms with van der Waals surface area (Å²) in [6.07, 6.45) is 3.21. The van der Waals surface area contributed by atoms with Crippen LogP contribution in [0.15, 0.2) is 0 Å². The molecule has 0 saturated heterocycles. The highest BCUT2D eigenvalue weighted by Crippen LogP contribution is 2.64. The molecule has 0 aromatic carbocycles. The number of hydrogen-bond donors (Lipinski definition) is 0. The molecule has 4 heteroatoms. The fourth-order valence-corrected chi connectivity index (χ4v) is 2.81. The highest BCUT2D eigenvalue weighted by atomic mass is 16.4. The Hall–Kier alpha value is -1.06. The number of carbonyl (C=O) groups is 2. The van der Waals surface area contributed by atoms with Gasteiger partial charge in [0.25, 0.3) is 0 Å². The number of fused-ring (bicyclic) bond motifs is 1. The highest BCUT2D eigenvalue weighted by molar-refractivity contribution is 6.01. The molecule has 0 radical (unpaired) electrons. The van der Waals surface area contributed by atoms with Crippen LogP contribution in [0.5, 0.6) is 0 Å². The van der Waals surface area contributed by atoms with E-state index in [1.807, 2.05) is 0 Å². The van der Waals surface area contributed by atoms with Gasteiger partial charge in [0.2, 0.25) is 0 Å². The molecule has 0 aliphatic heterocycles. The second-order valence-electron chi connectivity index (χ2n) is 3.94. The van der Waals surface area contributed by atoms with Crippen molar-refractivity contribution in [1.82, 2.24) is 0 Å². The molecule has 4 nitrogen and oxygen atoms in total. The van der Waals surface area contributed by atoms with Gasteiger partial charge in [0.05, 0.1) is 17.4 Å². The van der Waals surface area contributed by atoms with Gasteiger partial charge in [0.15, 0.2) is 0 Å². The summed E-state index contributed by atoms with van der Waals surface area (Å²) in [6, 6.07) is 0. The van der Waals surface area contributed by atoms with E-state index in [9.17, 15) is 19.8 Å². The minimum Gasteiger partial charge on any atom is -0.549 e. The van der Waals surface area contributed by atoms with Gasteiger partial charge in [-0.1, -0.05) is 12.8 Å². The normalized spacial score (nSPS) is 34.8. The van der Waals surface area contributed by atoms with Crippen LogP contribution < -0.4 is 10.2 Å². The van der Waals surface area contributed by atoms with E-state index in [2.05, 4.69) is 0 Å². The second-order valence-corrected chi connectivity index (χ2v) is 3.94. The largest absolute Gasteiger partial charge is 0.549 e. The Kier molecular flexibility index (Phi) is 1.62. The summed E-state index contributed by atoms with van der Waals surface area (Å²) >= 11 is 0. The van der Waals surface area contributed by atoms with E-state index in [0.717, 1.165) is 12.8 Å². The summed E-state index contributed by atoms with van der Waals surface area (Å²) in [5, 5.41) is 21.5. The summed E-state index contributed by atoms with van der Waals surface area (Å²) < 4.78 is 0. The van der Waals surface area contributed by atoms with Gasteiger partial charge < -0.3 is 19.8 Å². The van der Waals surface area contributed by atoms with Crippen LogP contribution >= 0.6 is 0 Å². The van der Waals surface area contributed by atoms with Gasteiger partial charge in [-0.3, -0.25) is 0 Å². The van der Waals surface area contributed by atoms with Crippen molar-refractivity contribution in [1.29, 1.82) is 0 Å². The number of hydrogen-bond acceptors (Lipinski definition) is 4. The van der Waals surface area contributed by atoms with Crippen LogP contribution in [-0.2, 0) is 9.59 Å². The molecule has 0 unspecified atom stereocenters. The first-order valence-corrected chi connectivity index (χ1v) is 4.54. The van der Waals surface area contributed by atoms with E-state index in [-0.39, 0.29) is 11.8 Å². The topological polar surface area (TPSA) is 80.3 Å². The van der Waals surface area contributed by atoms with Gasteiger partial charge in [-0.15, -0.1) is 0 Å². The molecule has 0 spiro atoms. The van der Waals surface area contributed by atoms with E-state index < -0.39 is 17.4 Å². The summed E-state index contributed by atoms with van der Waals surface area (Å²) in [4.78, 5) is 21.5. The van der Waals surface area contributed by atoms with Crippen LogP contribution in [0, 0.1) is 17.3 Å². The summed E-state index contributed by atoms with van der Waals surface area (Å²) in [5.41, 5.74) is -1.64. The maximum absolute atomic E-state index is 10.8. The van der Waals surface area contributed by atoms with Crippen LogP contribution in [0.4, 0.5) is 0 Å². The second kappa shape index (κ2) is 2.47. The zero-order valence-electron chi connectivity index (χ0n) is 7.12. The molecular weight excluding hydrogens is 172 g/mol. The molecule has 2 rings (SSSR count). The van der Waals surface area contributed by atoms with Gasteiger partial charge in [0.1, 0.15) is 0 Å². The van der Waals surface area contributed by atoms with Crippen molar-refractivity contribution < 1.29 is 19.8 Å². The Balaban J connectivity index is 2.28. The van der Waals surface area contributed by atoms with Crippen LogP contribution in [0.3, 0.4) is 0 Å². The maximum atomic E-state index is 10.8. The van der Waals surface area contributed by atoms with Gasteiger partial charge in [0, 0.05) is 0 Å². The third-order valence-electron chi connectivity index (χ3n) is 3.50. The van der Waals surface area contributed by atoms with Crippen LogP contribution in [0.1, 0.15) is 25.7 Å². The SMILES string of the molecule is O=C([O-])C1(C(=O)[O-])[C@@H]2CCCC[C@@H]21. The summed E-state index contributed by atoms with van der Waals surface area (Å²) in [6.45, 7) is 0. The number of carboxylic acid groups (broad SMARTS) is 2. The minimum atomic E-state index is -1.64. The zero-order valence-corrected chi connectivity index (χ0v) is 7.12. The van der Waals surface area contributed by atoms with Crippen molar-refractivity contribution in [3.05, 3.63) is 0 Å². The maximum Gasteiger partial charge on any atom is 0.0556 e. The first kappa shape index (κ1) is 8.53. The van der Waals surface area contributed by atoms with Crippen molar-refractivity contribution in [3.8, 4) is 0 Å². The monoisotopic (exact) mass is 182 g/mol. The first-order valence-electron chi connectivity index (χ1n) is 4.54. The van der Waals surface area contributed by atoms with Gasteiger partial charge in [-0.2, -0.15) is 0 Å². The van der Waals surface area contributed by atoms with E-state index in [1.54, 1.807) is 0 Å². The lowest BCUT2D eigenvalue weighted by atomic mass is 10.0. The molecule has 0 N–H and O–H groups in total. The molecular formula is C9H10O4-2. The molecule has 0 aromatic rings. The molecule has 72 valence electrons. The lowest BCUT2D eigenvalue weighted by Crippen LogP contribution is -2.47. The Labute approximate surface area is 75.6 Å². The lowest BCUT2D eigenvalue weighted by molar-refractivity contribution is -0.336. The molecule has 13 heavy (non-hydrogen) atoms. The van der Waals surface area contributed by atoms with E-state index >= 15 is 0 Å². The molecule has 2 aliphatic carbocycles. The van der Waals surface area contributed by atoms with Crippen LogP contribution in [-0.4, -0.2) is 11.9 Å². The standard InChI is InChI=1S/C9H12O4/c10-7(11)9(8(12)13)5-3-1-2-4-6(5)9/h5-6H,1-4H2,(H,10,11)(H,12,13)/p-2/t5-,6+. The van der Waals surface area contributed by atoms with Crippen molar-refractivity contribution in [2.75, 3.05) is 0 Å². The molecule has 2 aliphatic rings. The zero-order chi connectivity index (χ0) is 9.64. The van der Waals surface area contributed by atoms with Gasteiger partial charge in [-0.25, -0.2) is 0 Å². The van der Waals surface area contributed by atoms with Crippen LogP contribution in [0.2, 0.25) is 0 Å². The van der Waals surface area contributed by atoms with Crippen molar-refractivity contribution in [2.24, 2.45) is 17.3 Å². The fraction of sp³-hybridized carbons (Fsp3) is 0.778. The molecule has 0 bridgehead atoms. The van der Waals surface area contributed by atoms with Gasteiger partial charge in [-0.05, 0) is 24.7 Å². The Morgan fingerprint density at radius 1 is 1.00 bits per heavy atom. The number of aliphatic carboxylic acids is 2. The lowest BCUT2D eigenvalue weighted by Gasteiger charge is -2.20. The quantitative estimate of drug-likeness (QED) is 0.476. The van der Waals surface area contributed by atoms with Crippen molar-refractivity contribution in [3.63, 3.8) is 0 Å².